The van der Waals surface area contributed by atoms with E-state index in [9.17, 15) is 19.4 Å². The number of rotatable bonds is 28. The predicted octanol–water partition coefficient (Wildman–Crippen LogP) is 7.29. The second kappa shape index (κ2) is 24.8. The van der Waals surface area contributed by atoms with Crippen molar-refractivity contribution in [3.8, 4) is 0 Å². The summed E-state index contributed by atoms with van der Waals surface area (Å²) in [5.74, 6) is -0.266. The number of likely N-dealkylation sites (N-methyl/N-ethyl adjacent to an activating group) is 1. The average Bonchev–Trinajstić information content (AvgIpc) is 2.89. The summed E-state index contributed by atoms with van der Waals surface area (Å²) in [6, 6.07) is -0.836. The number of quaternary nitrogens is 1. The van der Waals surface area contributed by atoms with E-state index in [2.05, 4.69) is 12.2 Å². The van der Waals surface area contributed by atoms with Crippen molar-refractivity contribution in [2.75, 3.05) is 40.9 Å². The van der Waals surface area contributed by atoms with Gasteiger partial charge in [0, 0.05) is 6.42 Å². The molecule has 3 atom stereocenters. The van der Waals surface area contributed by atoms with Crippen LogP contribution in [0.2, 0.25) is 0 Å². The number of aliphatic hydroxyl groups excluding tert-OH is 1. The van der Waals surface area contributed by atoms with E-state index in [4.69, 9.17) is 9.05 Å². The number of unbranched alkanes of at least 4 members (excludes halogenated alkanes) is 16. The van der Waals surface area contributed by atoms with E-state index in [1.807, 2.05) is 27.2 Å². The van der Waals surface area contributed by atoms with Gasteiger partial charge in [0.2, 0.25) is 5.91 Å². The number of hydrogen-bond acceptors (Lipinski definition) is 5. The molecule has 238 valence electrons. The van der Waals surface area contributed by atoms with Crippen LogP contribution in [0, 0.1) is 0 Å². The molecule has 1 amide bonds. The van der Waals surface area contributed by atoms with Crippen molar-refractivity contribution in [2.45, 2.75) is 142 Å². The first kappa shape index (κ1) is 39.2. The van der Waals surface area contributed by atoms with E-state index in [1.165, 1.54) is 89.9 Å². The lowest BCUT2D eigenvalue weighted by Gasteiger charge is -2.25. The minimum Gasteiger partial charge on any atom is -0.387 e. The maximum Gasteiger partial charge on any atom is 0.472 e. The van der Waals surface area contributed by atoms with Crippen LogP contribution in [0.25, 0.3) is 0 Å². The number of nitrogens with zero attached hydrogens (tertiary/aromatic N) is 1. The number of nitrogens with one attached hydrogen (secondary N) is 1. The molecule has 3 N–H and O–H groups in total. The van der Waals surface area contributed by atoms with Crippen LogP contribution in [0.3, 0.4) is 0 Å². The summed E-state index contributed by atoms with van der Waals surface area (Å²) in [5, 5.41) is 13.2. The molecule has 0 aromatic heterocycles. The summed E-state index contributed by atoms with van der Waals surface area (Å²) >= 11 is 0. The van der Waals surface area contributed by atoms with Gasteiger partial charge in [-0.3, -0.25) is 13.8 Å². The Bertz CT molecular complexity index is 683. The van der Waals surface area contributed by atoms with Gasteiger partial charge in [-0.15, -0.1) is 0 Å². The molecule has 0 aromatic rings. The Balaban J connectivity index is 4.03. The summed E-state index contributed by atoms with van der Waals surface area (Å²) in [5.41, 5.74) is 0. The van der Waals surface area contributed by atoms with Crippen LogP contribution in [0.5, 0.6) is 0 Å². The molecule has 0 fully saturated rings. The Hall–Kier alpha value is -0.760. The number of carbonyl (C=O) groups excluding carboxylic acids is 1. The number of phosphoric ester groups is 1. The Morgan fingerprint density at radius 2 is 1.30 bits per heavy atom. The smallest absolute Gasteiger partial charge is 0.387 e. The quantitative estimate of drug-likeness (QED) is 0.0382. The third-order valence-electron chi connectivity index (χ3n) is 7.07. The van der Waals surface area contributed by atoms with Crippen LogP contribution in [-0.2, 0) is 18.4 Å². The van der Waals surface area contributed by atoms with Gasteiger partial charge in [-0.2, -0.15) is 0 Å². The van der Waals surface area contributed by atoms with Gasteiger partial charge in [0.1, 0.15) is 13.2 Å². The van der Waals surface area contributed by atoms with Gasteiger partial charge in [-0.25, -0.2) is 4.57 Å². The molecule has 0 saturated carbocycles. The number of carbonyl (C=O) groups is 1. The van der Waals surface area contributed by atoms with Crippen LogP contribution in [0.1, 0.15) is 129 Å². The van der Waals surface area contributed by atoms with Crippen molar-refractivity contribution in [1.29, 1.82) is 0 Å². The maximum absolute atomic E-state index is 12.2. The van der Waals surface area contributed by atoms with Crippen molar-refractivity contribution in [3.63, 3.8) is 0 Å². The van der Waals surface area contributed by atoms with E-state index < -0.39 is 20.0 Å². The standard InChI is InChI=1S/C31H63N2O6P/c1-6-8-9-10-11-12-13-14-15-16-17-18-19-20-21-22-23-24-25-30(34)29(32-31(35)7-2)28-39-40(36,37)38-27-26-33(3,4)5/h24-25,29-30,34H,6-23,26-28H2,1-5H3,(H-,32,35,36,37)/p+1/b25-24+. The van der Waals surface area contributed by atoms with Gasteiger partial charge in [0.05, 0.1) is 39.9 Å². The van der Waals surface area contributed by atoms with Crippen molar-refractivity contribution in [2.24, 2.45) is 0 Å². The zero-order chi connectivity index (χ0) is 30.1. The van der Waals surface area contributed by atoms with E-state index in [1.54, 1.807) is 13.0 Å². The summed E-state index contributed by atoms with van der Waals surface area (Å²) in [6.45, 7) is 4.25. The zero-order valence-electron chi connectivity index (χ0n) is 26.6. The summed E-state index contributed by atoms with van der Waals surface area (Å²) in [6.07, 6.45) is 24.9. The fraction of sp³-hybridized carbons (Fsp3) is 0.903. The van der Waals surface area contributed by atoms with Crippen LogP contribution in [0.4, 0.5) is 0 Å². The highest BCUT2D eigenvalue weighted by Gasteiger charge is 2.27. The normalized spacial score (nSPS) is 15.3. The maximum atomic E-state index is 12.2. The number of phosphoric acid groups is 1. The molecule has 3 unspecified atom stereocenters. The molecule has 0 heterocycles. The van der Waals surface area contributed by atoms with Crippen molar-refractivity contribution >= 4 is 13.7 Å². The fourth-order valence-electron chi connectivity index (χ4n) is 4.36. The van der Waals surface area contributed by atoms with Crippen molar-refractivity contribution < 1.29 is 32.9 Å². The molecule has 40 heavy (non-hydrogen) atoms. The fourth-order valence-corrected chi connectivity index (χ4v) is 5.09. The van der Waals surface area contributed by atoms with Gasteiger partial charge < -0.3 is 19.8 Å². The van der Waals surface area contributed by atoms with Crippen LogP contribution in [0.15, 0.2) is 12.2 Å². The van der Waals surface area contributed by atoms with E-state index in [0.29, 0.717) is 11.0 Å². The highest BCUT2D eigenvalue weighted by molar-refractivity contribution is 7.47. The van der Waals surface area contributed by atoms with Gasteiger partial charge in [0.25, 0.3) is 0 Å². The lowest BCUT2D eigenvalue weighted by molar-refractivity contribution is -0.870. The second-order valence-electron chi connectivity index (χ2n) is 12.1. The molecular formula is C31H64N2O6P+. The van der Waals surface area contributed by atoms with Crippen LogP contribution >= 0.6 is 7.82 Å². The Morgan fingerprint density at radius 1 is 0.825 bits per heavy atom. The van der Waals surface area contributed by atoms with E-state index in [-0.39, 0.29) is 25.5 Å². The number of hydrogen-bond donors (Lipinski definition) is 3. The average molecular weight is 592 g/mol. The van der Waals surface area contributed by atoms with E-state index in [0.717, 1.165) is 19.3 Å². The van der Waals surface area contributed by atoms with Crippen molar-refractivity contribution in [1.82, 2.24) is 5.32 Å². The lowest BCUT2D eigenvalue weighted by Crippen LogP contribution is -2.45. The number of amides is 1. The topological polar surface area (TPSA) is 105 Å². The molecule has 8 nitrogen and oxygen atoms in total. The molecule has 0 bridgehead atoms. The van der Waals surface area contributed by atoms with Crippen LogP contribution < -0.4 is 5.32 Å². The largest absolute Gasteiger partial charge is 0.472 e. The number of aliphatic hydroxyl groups is 1. The summed E-state index contributed by atoms with van der Waals surface area (Å²) in [7, 11) is 1.56. The molecule has 0 aromatic carbocycles. The molecule has 0 rings (SSSR count). The van der Waals surface area contributed by atoms with Gasteiger partial charge in [-0.1, -0.05) is 122 Å². The molecule has 0 aliphatic heterocycles. The molecule has 9 heteroatoms. The first-order valence-electron chi connectivity index (χ1n) is 16.1. The Kier molecular flexibility index (Phi) is 24.3. The minimum absolute atomic E-state index is 0.0605. The monoisotopic (exact) mass is 591 g/mol. The molecule has 0 aliphatic carbocycles. The second-order valence-corrected chi connectivity index (χ2v) is 13.6. The Labute approximate surface area is 246 Å². The highest BCUT2D eigenvalue weighted by atomic mass is 31.2. The third kappa shape index (κ3) is 26.2. The summed E-state index contributed by atoms with van der Waals surface area (Å²) < 4.78 is 22.9. The molecular weight excluding hydrogens is 527 g/mol. The first-order valence-corrected chi connectivity index (χ1v) is 17.6. The SMILES string of the molecule is CCCCCCCCCCCCCCCCCC/C=C/C(O)C(COP(=O)(O)OCC[N+](C)(C)C)NC(=O)CC. The van der Waals surface area contributed by atoms with E-state index >= 15 is 0 Å². The van der Waals surface area contributed by atoms with Crippen molar-refractivity contribution in [3.05, 3.63) is 12.2 Å². The zero-order valence-corrected chi connectivity index (χ0v) is 27.5. The van der Waals surface area contributed by atoms with Gasteiger partial charge in [0.15, 0.2) is 0 Å². The minimum atomic E-state index is -4.29. The third-order valence-corrected chi connectivity index (χ3v) is 8.06. The molecule has 0 saturated heterocycles. The number of allylic oxidation sites excluding steroid dienone is 1. The summed E-state index contributed by atoms with van der Waals surface area (Å²) in [4.78, 5) is 21.9. The van der Waals surface area contributed by atoms with Gasteiger partial charge in [-0.05, 0) is 12.8 Å². The van der Waals surface area contributed by atoms with Gasteiger partial charge >= 0.3 is 7.82 Å². The lowest BCUT2D eigenvalue weighted by atomic mass is 10.0. The highest BCUT2D eigenvalue weighted by Crippen LogP contribution is 2.43. The first-order chi connectivity index (χ1) is 19.0. The Morgan fingerprint density at radius 3 is 1.75 bits per heavy atom. The predicted molar refractivity (Wildman–Crippen MR) is 166 cm³/mol. The van der Waals surface area contributed by atoms with Crippen LogP contribution in [-0.4, -0.2) is 73.4 Å². The molecule has 0 aliphatic rings. The molecule has 0 radical (unpaired) electrons. The molecule has 0 spiro atoms.